The van der Waals surface area contributed by atoms with Gasteiger partial charge in [0.05, 0.1) is 0 Å². The second-order valence-electron chi connectivity index (χ2n) is 3.90. The number of anilines is 1. The molecule has 8 heteroatoms. The third kappa shape index (κ3) is 4.79. The number of carboxylic acid groups (broad SMARTS) is 1. The van der Waals surface area contributed by atoms with Crippen molar-refractivity contribution < 1.29 is 9.90 Å². The quantitative estimate of drug-likeness (QED) is 0.695. The lowest BCUT2D eigenvalue weighted by molar-refractivity contribution is -0.138. The largest absolute Gasteiger partial charge is 0.480 e. The van der Waals surface area contributed by atoms with Crippen LogP contribution >= 0.6 is 23.1 Å². The van der Waals surface area contributed by atoms with Gasteiger partial charge in [-0.25, -0.2) is 0 Å². The van der Waals surface area contributed by atoms with Gasteiger partial charge in [0, 0.05) is 19.8 Å². The molecule has 18 heavy (non-hydrogen) atoms. The van der Waals surface area contributed by atoms with Crippen LogP contribution in [0.15, 0.2) is 4.34 Å². The third-order valence-electron chi connectivity index (χ3n) is 2.09. The molecule has 0 aromatic carbocycles. The second-order valence-corrected chi connectivity index (χ2v) is 6.12. The van der Waals surface area contributed by atoms with Crippen LogP contribution in [-0.2, 0) is 4.79 Å². The lowest BCUT2D eigenvalue weighted by Crippen LogP contribution is -2.39. The molecule has 0 aliphatic rings. The second kappa shape index (κ2) is 7.55. The van der Waals surface area contributed by atoms with E-state index in [4.69, 9.17) is 5.11 Å². The van der Waals surface area contributed by atoms with Gasteiger partial charge in [-0.15, -0.1) is 10.2 Å². The Morgan fingerprint density at radius 3 is 2.78 bits per heavy atom. The predicted octanol–water partition coefficient (Wildman–Crippen LogP) is 1.15. The van der Waals surface area contributed by atoms with Gasteiger partial charge >= 0.3 is 5.97 Å². The van der Waals surface area contributed by atoms with Crippen molar-refractivity contribution in [1.29, 1.82) is 0 Å². The number of aliphatic carboxylic acids is 1. The highest BCUT2D eigenvalue weighted by Gasteiger charge is 2.17. The van der Waals surface area contributed by atoms with Crippen molar-refractivity contribution in [2.45, 2.75) is 23.7 Å². The van der Waals surface area contributed by atoms with Crippen molar-refractivity contribution in [1.82, 2.24) is 15.5 Å². The van der Waals surface area contributed by atoms with Gasteiger partial charge in [-0.05, 0) is 13.0 Å². The zero-order valence-corrected chi connectivity index (χ0v) is 12.3. The molecule has 1 aromatic heterocycles. The fourth-order valence-corrected chi connectivity index (χ4v) is 2.97. The zero-order chi connectivity index (χ0) is 13.5. The summed E-state index contributed by atoms with van der Waals surface area (Å²) in [7, 11) is 3.80. The fourth-order valence-electron chi connectivity index (χ4n) is 1.13. The first-order chi connectivity index (χ1) is 8.54. The number of thioether (sulfide) groups is 1. The number of carboxylic acids is 1. The number of carbonyl (C=O) groups is 1. The average molecular weight is 290 g/mol. The first-order valence-corrected chi connectivity index (χ1v) is 7.44. The monoisotopic (exact) mass is 290 g/mol. The van der Waals surface area contributed by atoms with Gasteiger partial charge in [-0.2, -0.15) is 0 Å². The van der Waals surface area contributed by atoms with Gasteiger partial charge in [0.25, 0.3) is 0 Å². The van der Waals surface area contributed by atoms with E-state index < -0.39 is 12.0 Å². The molecule has 0 amide bonds. The van der Waals surface area contributed by atoms with Crippen LogP contribution in [-0.4, -0.2) is 53.7 Å². The highest BCUT2D eigenvalue weighted by molar-refractivity contribution is 8.01. The van der Waals surface area contributed by atoms with Crippen LogP contribution in [0.25, 0.3) is 0 Å². The van der Waals surface area contributed by atoms with E-state index in [1.807, 2.05) is 25.9 Å². The van der Waals surface area contributed by atoms with Gasteiger partial charge in [0.15, 0.2) is 4.34 Å². The summed E-state index contributed by atoms with van der Waals surface area (Å²) in [5, 5.41) is 20.9. The molecular weight excluding hydrogens is 272 g/mol. The molecular formula is C10H18N4O2S2. The maximum absolute atomic E-state index is 11.0. The lowest BCUT2D eigenvalue weighted by atomic mass is 10.3. The third-order valence-corrected chi connectivity index (χ3v) is 4.41. The van der Waals surface area contributed by atoms with E-state index >= 15 is 0 Å². The topological polar surface area (TPSA) is 78.4 Å². The molecule has 1 rings (SSSR count). The van der Waals surface area contributed by atoms with E-state index in [0.29, 0.717) is 12.3 Å². The molecule has 6 nitrogen and oxygen atoms in total. The Labute approximate surface area is 115 Å². The first kappa shape index (κ1) is 15.2. The summed E-state index contributed by atoms with van der Waals surface area (Å²) in [5.74, 6) is -0.370. The van der Waals surface area contributed by atoms with E-state index in [-0.39, 0.29) is 0 Å². The molecule has 0 fully saturated rings. The number of hydrogen-bond donors (Lipinski definition) is 2. The van der Waals surface area contributed by atoms with Gasteiger partial charge in [-0.3, -0.25) is 4.79 Å². The van der Waals surface area contributed by atoms with Crippen molar-refractivity contribution in [3.05, 3.63) is 0 Å². The molecule has 0 aliphatic carbocycles. The normalized spacial score (nSPS) is 12.4. The number of nitrogens with zero attached hydrogens (tertiary/aromatic N) is 3. The maximum Gasteiger partial charge on any atom is 0.321 e. The summed E-state index contributed by atoms with van der Waals surface area (Å²) in [6.07, 6.45) is 0.915. The van der Waals surface area contributed by atoms with Crippen molar-refractivity contribution >= 4 is 34.2 Å². The molecule has 102 valence electrons. The predicted molar refractivity (Wildman–Crippen MR) is 74.7 cm³/mol. The Bertz CT molecular complexity index is 384. The van der Waals surface area contributed by atoms with E-state index in [2.05, 4.69) is 15.5 Å². The number of rotatable bonds is 8. The highest BCUT2D eigenvalue weighted by Crippen LogP contribution is 2.27. The Hall–Kier alpha value is -0.860. The number of nitrogens with one attached hydrogen (secondary N) is 1. The van der Waals surface area contributed by atoms with Crippen LogP contribution in [0.1, 0.15) is 13.3 Å². The SMILES string of the molecule is CCCNC(CSc1nnc(N(C)C)s1)C(=O)O. The van der Waals surface area contributed by atoms with Crippen LogP contribution < -0.4 is 10.2 Å². The standard InChI is InChI=1S/C10H18N4O2S2/c1-4-5-11-7(8(15)16)6-17-10-13-12-9(18-10)14(2)3/h7,11H,4-6H2,1-3H3,(H,15,16). The molecule has 0 spiro atoms. The minimum absolute atomic E-state index is 0.456. The molecule has 0 aliphatic heterocycles. The minimum atomic E-state index is -0.826. The molecule has 0 saturated carbocycles. The Kier molecular flexibility index (Phi) is 6.37. The summed E-state index contributed by atoms with van der Waals surface area (Å²) >= 11 is 2.88. The van der Waals surface area contributed by atoms with Gasteiger partial charge < -0.3 is 15.3 Å². The average Bonchev–Trinajstić information content (AvgIpc) is 2.77. The smallest absolute Gasteiger partial charge is 0.321 e. The lowest BCUT2D eigenvalue weighted by Gasteiger charge is -2.12. The van der Waals surface area contributed by atoms with E-state index in [9.17, 15) is 4.79 Å². The summed E-state index contributed by atoms with van der Waals surface area (Å²) in [5.41, 5.74) is 0. The van der Waals surface area contributed by atoms with E-state index in [0.717, 1.165) is 15.9 Å². The fraction of sp³-hybridized carbons (Fsp3) is 0.700. The molecule has 0 bridgehead atoms. The highest BCUT2D eigenvalue weighted by atomic mass is 32.2. The van der Waals surface area contributed by atoms with Gasteiger partial charge in [-0.1, -0.05) is 30.0 Å². The zero-order valence-electron chi connectivity index (χ0n) is 10.7. The molecule has 1 unspecified atom stereocenters. The first-order valence-electron chi connectivity index (χ1n) is 5.64. The Morgan fingerprint density at radius 2 is 2.28 bits per heavy atom. The molecule has 1 atom stereocenters. The van der Waals surface area contributed by atoms with Gasteiger partial charge in [0.1, 0.15) is 6.04 Å². The van der Waals surface area contributed by atoms with Crippen molar-refractivity contribution in [3.8, 4) is 0 Å². The summed E-state index contributed by atoms with van der Waals surface area (Å²) in [6, 6.07) is -0.540. The molecule has 1 heterocycles. The van der Waals surface area contributed by atoms with Crippen LogP contribution in [0.3, 0.4) is 0 Å². The summed E-state index contributed by atoms with van der Waals surface area (Å²) < 4.78 is 0.795. The molecule has 0 saturated heterocycles. The van der Waals surface area contributed by atoms with Crippen LogP contribution in [0.5, 0.6) is 0 Å². The van der Waals surface area contributed by atoms with Crippen molar-refractivity contribution in [2.24, 2.45) is 0 Å². The van der Waals surface area contributed by atoms with Gasteiger partial charge in [0.2, 0.25) is 5.13 Å². The Morgan fingerprint density at radius 1 is 1.56 bits per heavy atom. The van der Waals surface area contributed by atoms with E-state index in [1.54, 1.807) is 0 Å². The summed E-state index contributed by atoms with van der Waals surface area (Å²) in [4.78, 5) is 12.9. The van der Waals surface area contributed by atoms with Crippen LogP contribution in [0.4, 0.5) is 5.13 Å². The number of hydrogen-bond acceptors (Lipinski definition) is 7. The molecule has 2 N–H and O–H groups in total. The van der Waals surface area contributed by atoms with E-state index in [1.165, 1.54) is 23.1 Å². The van der Waals surface area contributed by atoms with Crippen molar-refractivity contribution in [3.63, 3.8) is 0 Å². The number of aromatic nitrogens is 2. The Balaban J connectivity index is 2.47. The maximum atomic E-state index is 11.0. The van der Waals surface area contributed by atoms with Crippen molar-refractivity contribution in [2.75, 3.05) is 31.3 Å². The van der Waals surface area contributed by atoms with Crippen LogP contribution in [0, 0.1) is 0 Å². The summed E-state index contributed by atoms with van der Waals surface area (Å²) in [6.45, 7) is 2.71. The van der Waals surface area contributed by atoms with Crippen LogP contribution in [0.2, 0.25) is 0 Å². The molecule has 1 aromatic rings. The molecule has 0 radical (unpaired) electrons. The minimum Gasteiger partial charge on any atom is -0.480 e.